The molecular weight excluding hydrogens is 443 g/mol. The Balaban J connectivity index is 1.96. The molecule has 0 bridgehead atoms. The number of nitrogens with one attached hydrogen (secondary N) is 1. The van der Waals surface area contributed by atoms with Crippen LogP contribution in [0.4, 0.5) is 4.39 Å². The van der Waals surface area contributed by atoms with Gasteiger partial charge in [0.05, 0.1) is 13.5 Å². The Kier molecular flexibility index (Phi) is 9.41. The van der Waals surface area contributed by atoms with Gasteiger partial charge in [0.15, 0.2) is 0 Å². The smallest absolute Gasteiger partial charge is 0.243 e. The molecule has 0 radical (unpaired) electrons. The van der Waals surface area contributed by atoms with Crippen LogP contribution < -0.4 is 10.1 Å². The minimum absolute atomic E-state index is 0.0625. The minimum Gasteiger partial charge on any atom is -0.497 e. The summed E-state index contributed by atoms with van der Waals surface area (Å²) in [5.74, 6) is 0.192. The fourth-order valence-electron chi connectivity index (χ4n) is 3.82. The van der Waals surface area contributed by atoms with Gasteiger partial charge in [-0.05, 0) is 46.9 Å². The molecule has 35 heavy (non-hydrogen) atoms. The molecule has 0 aliphatic carbocycles. The molecule has 0 saturated carbocycles. The molecule has 184 valence electrons. The Labute approximate surface area is 206 Å². The van der Waals surface area contributed by atoms with E-state index >= 15 is 0 Å². The van der Waals surface area contributed by atoms with Crippen molar-refractivity contribution < 1.29 is 18.7 Å². The Morgan fingerprint density at radius 2 is 1.60 bits per heavy atom. The van der Waals surface area contributed by atoms with Gasteiger partial charge in [-0.25, -0.2) is 4.39 Å². The number of benzene rings is 3. The predicted molar refractivity (Wildman–Crippen MR) is 135 cm³/mol. The zero-order chi connectivity index (χ0) is 25.2. The van der Waals surface area contributed by atoms with E-state index in [2.05, 4.69) is 5.32 Å². The summed E-state index contributed by atoms with van der Waals surface area (Å²) in [6, 6.07) is 22.3. The summed E-state index contributed by atoms with van der Waals surface area (Å²) in [4.78, 5) is 28.7. The van der Waals surface area contributed by atoms with Crippen molar-refractivity contribution in [3.63, 3.8) is 0 Å². The Morgan fingerprint density at radius 3 is 2.26 bits per heavy atom. The van der Waals surface area contributed by atoms with Crippen molar-refractivity contribution in [1.82, 2.24) is 10.2 Å². The summed E-state index contributed by atoms with van der Waals surface area (Å²) in [6.45, 7) is 4.81. The molecule has 0 spiro atoms. The van der Waals surface area contributed by atoms with E-state index in [9.17, 15) is 14.0 Å². The fourth-order valence-corrected chi connectivity index (χ4v) is 3.82. The molecule has 0 fully saturated rings. The lowest BCUT2D eigenvalue weighted by Gasteiger charge is -2.32. The molecule has 1 N–H and O–H groups in total. The van der Waals surface area contributed by atoms with Crippen molar-refractivity contribution in [2.75, 3.05) is 13.7 Å². The lowest BCUT2D eigenvalue weighted by molar-refractivity contribution is -0.140. The van der Waals surface area contributed by atoms with Crippen molar-refractivity contribution in [3.05, 3.63) is 101 Å². The van der Waals surface area contributed by atoms with Crippen LogP contribution in [0.15, 0.2) is 78.9 Å². The van der Waals surface area contributed by atoms with Gasteiger partial charge in [0.2, 0.25) is 11.8 Å². The van der Waals surface area contributed by atoms with E-state index in [1.54, 1.807) is 24.1 Å². The maximum absolute atomic E-state index is 13.7. The number of carbonyl (C=O) groups excluding carboxylic acids is 2. The quantitative estimate of drug-likeness (QED) is 0.433. The molecule has 0 aliphatic heterocycles. The van der Waals surface area contributed by atoms with E-state index in [0.717, 1.165) is 11.1 Å². The molecule has 0 saturated heterocycles. The van der Waals surface area contributed by atoms with Gasteiger partial charge in [0, 0.05) is 19.5 Å². The van der Waals surface area contributed by atoms with Crippen molar-refractivity contribution in [3.8, 4) is 5.75 Å². The van der Waals surface area contributed by atoms with Crippen LogP contribution in [0.3, 0.4) is 0 Å². The molecule has 0 heterocycles. The molecule has 3 rings (SSSR count). The molecule has 5 nitrogen and oxygen atoms in total. The van der Waals surface area contributed by atoms with Crippen molar-refractivity contribution in [2.45, 2.75) is 39.3 Å². The lowest BCUT2D eigenvalue weighted by Crippen LogP contribution is -2.51. The van der Waals surface area contributed by atoms with Crippen LogP contribution in [-0.2, 0) is 29.0 Å². The molecular formula is C29H33FN2O3. The maximum Gasteiger partial charge on any atom is 0.243 e. The van der Waals surface area contributed by atoms with Crippen LogP contribution in [-0.4, -0.2) is 36.4 Å². The minimum atomic E-state index is -0.713. The standard InChI is InChI=1S/C29H33FN2O3/c1-21(2)19-31-29(34)27(17-22-8-5-4-6-9-22)32(20-24-10-7-11-26(16-24)35-3)28(33)18-23-12-14-25(30)15-13-23/h4-16,21,27H,17-20H2,1-3H3,(H,31,34)/t27-/m1/s1. The third-order valence-electron chi connectivity index (χ3n) is 5.71. The first kappa shape index (κ1) is 25.9. The topological polar surface area (TPSA) is 58.6 Å². The molecule has 1 atom stereocenters. The van der Waals surface area contributed by atoms with E-state index in [1.165, 1.54) is 12.1 Å². The van der Waals surface area contributed by atoms with Gasteiger partial charge in [-0.3, -0.25) is 9.59 Å². The van der Waals surface area contributed by atoms with Crippen molar-refractivity contribution >= 4 is 11.8 Å². The van der Waals surface area contributed by atoms with Crippen molar-refractivity contribution in [1.29, 1.82) is 0 Å². The van der Waals surface area contributed by atoms with Crippen LogP contribution in [0.2, 0.25) is 0 Å². The van der Waals surface area contributed by atoms with Crippen LogP contribution >= 0.6 is 0 Å². The number of hydrogen-bond acceptors (Lipinski definition) is 3. The molecule has 0 aliphatic rings. The van der Waals surface area contributed by atoms with Crippen molar-refractivity contribution in [2.24, 2.45) is 5.92 Å². The number of rotatable bonds is 11. The number of hydrogen-bond donors (Lipinski definition) is 1. The van der Waals surface area contributed by atoms with Gasteiger partial charge >= 0.3 is 0 Å². The van der Waals surface area contributed by atoms with Gasteiger partial charge in [-0.2, -0.15) is 0 Å². The van der Waals surface area contributed by atoms with Crippen LogP contribution in [0.5, 0.6) is 5.75 Å². The first-order chi connectivity index (χ1) is 16.9. The first-order valence-electron chi connectivity index (χ1n) is 11.8. The molecule has 6 heteroatoms. The second kappa shape index (κ2) is 12.7. The van der Waals surface area contributed by atoms with E-state index in [0.29, 0.717) is 24.3 Å². The Bertz CT molecular complexity index is 1100. The third kappa shape index (κ3) is 7.95. The number of nitrogens with zero attached hydrogens (tertiary/aromatic N) is 1. The number of amides is 2. The van der Waals surface area contributed by atoms with Crippen LogP contribution in [0.1, 0.15) is 30.5 Å². The lowest BCUT2D eigenvalue weighted by atomic mass is 10.0. The maximum atomic E-state index is 13.7. The average molecular weight is 477 g/mol. The van der Waals surface area contributed by atoms with Gasteiger partial charge in [0.1, 0.15) is 17.6 Å². The summed E-state index contributed by atoms with van der Waals surface area (Å²) in [5.41, 5.74) is 2.50. The average Bonchev–Trinajstić information content (AvgIpc) is 2.86. The second-order valence-electron chi connectivity index (χ2n) is 9.02. The summed E-state index contributed by atoms with van der Waals surface area (Å²) in [5, 5.41) is 3.01. The van der Waals surface area contributed by atoms with Gasteiger partial charge < -0.3 is 15.0 Å². The Hall–Kier alpha value is -3.67. The summed E-state index contributed by atoms with van der Waals surface area (Å²) >= 11 is 0. The summed E-state index contributed by atoms with van der Waals surface area (Å²) in [6.07, 6.45) is 0.441. The number of ether oxygens (including phenoxy) is 1. The number of carbonyl (C=O) groups is 2. The highest BCUT2D eigenvalue weighted by Gasteiger charge is 2.30. The normalized spacial score (nSPS) is 11.7. The van der Waals surface area contributed by atoms with Gasteiger partial charge in [-0.15, -0.1) is 0 Å². The van der Waals surface area contributed by atoms with E-state index in [-0.39, 0.29) is 36.5 Å². The molecule has 3 aromatic carbocycles. The van der Waals surface area contributed by atoms with Crippen LogP contribution in [0, 0.1) is 11.7 Å². The summed E-state index contributed by atoms with van der Waals surface area (Å²) in [7, 11) is 1.59. The third-order valence-corrected chi connectivity index (χ3v) is 5.71. The summed E-state index contributed by atoms with van der Waals surface area (Å²) < 4.78 is 18.8. The molecule has 0 unspecified atom stereocenters. The highest BCUT2D eigenvalue weighted by Crippen LogP contribution is 2.19. The van der Waals surface area contributed by atoms with E-state index in [4.69, 9.17) is 4.74 Å². The SMILES string of the molecule is COc1cccc(CN(C(=O)Cc2ccc(F)cc2)[C@H](Cc2ccccc2)C(=O)NCC(C)C)c1. The zero-order valence-corrected chi connectivity index (χ0v) is 20.5. The highest BCUT2D eigenvalue weighted by molar-refractivity contribution is 5.88. The largest absolute Gasteiger partial charge is 0.497 e. The fraction of sp³-hybridized carbons (Fsp3) is 0.310. The predicted octanol–water partition coefficient (Wildman–Crippen LogP) is 4.79. The molecule has 3 aromatic rings. The molecule has 0 aromatic heterocycles. The monoisotopic (exact) mass is 476 g/mol. The van der Waals surface area contributed by atoms with Gasteiger partial charge in [-0.1, -0.05) is 68.4 Å². The number of methoxy groups -OCH3 is 1. The highest BCUT2D eigenvalue weighted by atomic mass is 19.1. The van der Waals surface area contributed by atoms with E-state index < -0.39 is 6.04 Å². The first-order valence-corrected chi connectivity index (χ1v) is 11.8. The van der Waals surface area contributed by atoms with E-state index in [1.807, 2.05) is 68.4 Å². The molecule has 2 amide bonds. The second-order valence-corrected chi connectivity index (χ2v) is 9.02. The Morgan fingerprint density at radius 1 is 0.914 bits per heavy atom. The zero-order valence-electron chi connectivity index (χ0n) is 20.5. The van der Waals surface area contributed by atoms with Gasteiger partial charge in [0.25, 0.3) is 0 Å². The number of halogens is 1. The van der Waals surface area contributed by atoms with Crippen LogP contribution in [0.25, 0.3) is 0 Å².